The normalized spacial score (nSPS) is 20.2. The third-order valence-electron chi connectivity index (χ3n) is 5.93. The quantitative estimate of drug-likeness (QED) is 0.783. The fraction of sp³-hybridized carbons (Fsp3) is 0.800. The molecule has 134 valence electrons. The zero-order valence-electron chi connectivity index (χ0n) is 15.4. The van der Waals surface area contributed by atoms with E-state index in [0.717, 1.165) is 51.2 Å². The minimum absolute atomic E-state index is 0.394. The van der Waals surface area contributed by atoms with Crippen LogP contribution in [-0.2, 0) is 11.3 Å². The van der Waals surface area contributed by atoms with Crippen LogP contribution in [0.5, 0.6) is 0 Å². The molecule has 1 aliphatic heterocycles. The van der Waals surface area contributed by atoms with Crippen LogP contribution >= 0.6 is 0 Å². The summed E-state index contributed by atoms with van der Waals surface area (Å²) in [6, 6.07) is 0. The highest BCUT2D eigenvalue weighted by Gasteiger charge is 2.24. The van der Waals surface area contributed by atoms with Gasteiger partial charge in [-0.15, -0.1) is 0 Å². The van der Waals surface area contributed by atoms with Gasteiger partial charge in [-0.3, -0.25) is 4.79 Å². The van der Waals surface area contributed by atoms with Crippen LogP contribution in [0.25, 0.3) is 0 Å². The van der Waals surface area contributed by atoms with Gasteiger partial charge in [0.25, 0.3) is 0 Å². The Labute approximate surface area is 146 Å². The lowest BCUT2D eigenvalue weighted by Gasteiger charge is -2.32. The van der Waals surface area contributed by atoms with E-state index in [9.17, 15) is 4.79 Å². The molecule has 2 aliphatic rings. The van der Waals surface area contributed by atoms with Crippen molar-refractivity contribution in [2.24, 2.45) is 11.8 Å². The van der Waals surface area contributed by atoms with Crippen LogP contribution in [0.3, 0.4) is 0 Å². The van der Waals surface area contributed by atoms with Gasteiger partial charge in [-0.1, -0.05) is 39.5 Å². The van der Waals surface area contributed by atoms with Gasteiger partial charge in [0.2, 0.25) is 5.91 Å². The first-order valence-electron chi connectivity index (χ1n) is 9.92. The second-order valence-electron chi connectivity index (χ2n) is 8.11. The monoisotopic (exact) mass is 331 g/mol. The summed E-state index contributed by atoms with van der Waals surface area (Å²) in [6.45, 7) is 7.34. The number of rotatable bonds is 6. The molecule has 1 saturated carbocycles. The van der Waals surface area contributed by atoms with E-state index in [2.05, 4.69) is 34.5 Å². The number of aromatic nitrogens is 2. The van der Waals surface area contributed by atoms with Gasteiger partial charge in [0.05, 0.1) is 0 Å². The highest BCUT2D eigenvalue weighted by Crippen LogP contribution is 2.29. The molecule has 24 heavy (non-hydrogen) atoms. The Bertz CT molecular complexity index is 523. The summed E-state index contributed by atoms with van der Waals surface area (Å²) in [5.74, 6) is 3.55. The van der Waals surface area contributed by atoms with Crippen molar-refractivity contribution in [2.45, 2.75) is 77.7 Å². The maximum absolute atomic E-state index is 12.4. The zero-order chi connectivity index (χ0) is 16.9. The van der Waals surface area contributed by atoms with Gasteiger partial charge in [0.1, 0.15) is 5.82 Å². The van der Waals surface area contributed by atoms with E-state index in [1.54, 1.807) is 0 Å². The molecule has 4 nitrogen and oxygen atoms in total. The van der Waals surface area contributed by atoms with Crippen molar-refractivity contribution in [3.8, 4) is 0 Å². The molecule has 0 aromatic carbocycles. The lowest BCUT2D eigenvalue weighted by atomic mass is 9.95. The number of amides is 1. The van der Waals surface area contributed by atoms with Crippen LogP contribution in [-0.4, -0.2) is 33.4 Å². The first kappa shape index (κ1) is 17.5. The molecular weight excluding hydrogens is 298 g/mol. The number of hydrogen-bond acceptors (Lipinski definition) is 2. The molecule has 0 spiro atoms. The van der Waals surface area contributed by atoms with E-state index in [0.29, 0.717) is 17.7 Å². The van der Waals surface area contributed by atoms with Crippen LogP contribution in [0.4, 0.5) is 0 Å². The van der Waals surface area contributed by atoms with Crippen molar-refractivity contribution < 1.29 is 4.79 Å². The highest BCUT2D eigenvalue weighted by atomic mass is 16.2. The van der Waals surface area contributed by atoms with E-state index in [1.807, 2.05) is 6.20 Å². The van der Waals surface area contributed by atoms with Crippen molar-refractivity contribution in [3.63, 3.8) is 0 Å². The second-order valence-corrected chi connectivity index (χ2v) is 8.11. The van der Waals surface area contributed by atoms with Crippen LogP contribution < -0.4 is 0 Å². The first-order valence-corrected chi connectivity index (χ1v) is 9.92. The Kier molecular flexibility index (Phi) is 5.96. The number of nitrogens with zero attached hydrogens (tertiary/aromatic N) is 3. The summed E-state index contributed by atoms with van der Waals surface area (Å²) in [5, 5.41) is 0. The summed E-state index contributed by atoms with van der Waals surface area (Å²) in [5.41, 5.74) is 0. The molecule has 0 unspecified atom stereocenters. The van der Waals surface area contributed by atoms with Crippen molar-refractivity contribution in [1.82, 2.24) is 14.5 Å². The smallest absolute Gasteiger partial charge is 0.222 e. The average molecular weight is 332 g/mol. The third kappa shape index (κ3) is 4.40. The zero-order valence-corrected chi connectivity index (χ0v) is 15.4. The molecule has 0 radical (unpaired) electrons. The predicted molar refractivity (Wildman–Crippen MR) is 96.8 cm³/mol. The number of carbonyl (C=O) groups is 1. The number of hydrogen-bond donors (Lipinski definition) is 0. The molecule has 0 bridgehead atoms. The van der Waals surface area contributed by atoms with Gasteiger partial charge in [0.15, 0.2) is 0 Å². The lowest BCUT2D eigenvalue weighted by molar-refractivity contribution is -0.133. The van der Waals surface area contributed by atoms with E-state index < -0.39 is 0 Å². The van der Waals surface area contributed by atoms with Crippen molar-refractivity contribution in [1.29, 1.82) is 0 Å². The van der Waals surface area contributed by atoms with Crippen LogP contribution in [0, 0.1) is 11.8 Å². The molecule has 1 aromatic heterocycles. The Morgan fingerprint density at radius 3 is 2.54 bits per heavy atom. The third-order valence-corrected chi connectivity index (χ3v) is 5.93. The summed E-state index contributed by atoms with van der Waals surface area (Å²) < 4.78 is 2.31. The molecule has 2 heterocycles. The number of likely N-dealkylation sites (tertiary alicyclic amines) is 1. The molecule has 1 saturated heterocycles. The number of carbonyl (C=O) groups excluding carboxylic acids is 1. The van der Waals surface area contributed by atoms with Gasteiger partial charge >= 0.3 is 0 Å². The first-order chi connectivity index (χ1) is 11.6. The topological polar surface area (TPSA) is 38.1 Å². The predicted octanol–water partition coefficient (Wildman–Crippen LogP) is 4.22. The Hall–Kier alpha value is -1.32. The molecule has 1 aliphatic carbocycles. The molecule has 3 rings (SSSR count). The largest absolute Gasteiger partial charge is 0.343 e. The summed E-state index contributed by atoms with van der Waals surface area (Å²) in [7, 11) is 0. The van der Waals surface area contributed by atoms with Crippen molar-refractivity contribution in [2.75, 3.05) is 13.1 Å². The van der Waals surface area contributed by atoms with E-state index in [-0.39, 0.29) is 0 Å². The summed E-state index contributed by atoms with van der Waals surface area (Å²) >= 11 is 0. The van der Waals surface area contributed by atoms with Gasteiger partial charge in [-0.05, 0) is 31.1 Å². The Morgan fingerprint density at radius 1 is 1.17 bits per heavy atom. The van der Waals surface area contributed by atoms with E-state index in [1.165, 1.54) is 31.5 Å². The van der Waals surface area contributed by atoms with Crippen LogP contribution in [0.15, 0.2) is 12.4 Å². The van der Waals surface area contributed by atoms with Gasteiger partial charge in [-0.25, -0.2) is 4.98 Å². The van der Waals surface area contributed by atoms with Crippen molar-refractivity contribution in [3.05, 3.63) is 18.2 Å². The second kappa shape index (κ2) is 8.17. The van der Waals surface area contributed by atoms with E-state index >= 15 is 0 Å². The van der Waals surface area contributed by atoms with Crippen LogP contribution in [0.1, 0.15) is 77.0 Å². The molecule has 4 heteroatoms. The molecule has 2 fully saturated rings. The Balaban J connectivity index is 1.41. The van der Waals surface area contributed by atoms with Crippen molar-refractivity contribution >= 4 is 5.91 Å². The molecule has 1 aromatic rings. The molecule has 1 amide bonds. The maximum atomic E-state index is 12.4. The van der Waals surface area contributed by atoms with Gasteiger partial charge < -0.3 is 9.47 Å². The summed E-state index contributed by atoms with van der Waals surface area (Å²) in [4.78, 5) is 19.0. The maximum Gasteiger partial charge on any atom is 0.222 e. The van der Waals surface area contributed by atoms with Crippen LogP contribution in [0.2, 0.25) is 0 Å². The molecular formula is C20H33N3O. The minimum Gasteiger partial charge on any atom is -0.343 e. The number of imidazole rings is 1. The summed E-state index contributed by atoms with van der Waals surface area (Å²) in [6.07, 6.45) is 13.6. The lowest BCUT2D eigenvalue weighted by Crippen LogP contribution is -2.39. The van der Waals surface area contributed by atoms with Gasteiger partial charge in [-0.2, -0.15) is 0 Å². The SMILES string of the molecule is CC(C)c1nccn1CC1CCN(C(=O)CCC2CCCC2)CC1. The van der Waals surface area contributed by atoms with E-state index in [4.69, 9.17) is 0 Å². The Morgan fingerprint density at radius 2 is 1.88 bits per heavy atom. The minimum atomic E-state index is 0.394. The fourth-order valence-corrected chi connectivity index (χ4v) is 4.40. The fourth-order valence-electron chi connectivity index (χ4n) is 4.40. The van der Waals surface area contributed by atoms with Gasteiger partial charge in [0, 0.05) is 44.4 Å². The molecule has 0 atom stereocenters. The molecule has 0 N–H and O–H groups in total. The highest BCUT2D eigenvalue weighted by molar-refractivity contribution is 5.76. The standard InChI is InChI=1S/C20H33N3O/c1-16(2)20-21-11-14-23(20)15-18-9-12-22(13-10-18)19(24)8-7-17-5-3-4-6-17/h11,14,16-18H,3-10,12-13,15H2,1-2H3. The number of piperidine rings is 1. The average Bonchev–Trinajstić information content (AvgIpc) is 3.25.